The number of phenols is 1. The lowest BCUT2D eigenvalue weighted by molar-refractivity contribution is 0.168. The highest BCUT2D eigenvalue weighted by Gasteiger charge is 2.26. The van der Waals surface area contributed by atoms with Crippen molar-refractivity contribution in [3.05, 3.63) is 29.8 Å². The van der Waals surface area contributed by atoms with Crippen molar-refractivity contribution in [3.8, 4) is 5.75 Å². The van der Waals surface area contributed by atoms with Gasteiger partial charge in [-0.25, -0.2) is 4.79 Å². The van der Waals surface area contributed by atoms with Gasteiger partial charge in [0.25, 0.3) is 0 Å². The van der Waals surface area contributed by atoms with E-state index >= 15 is 0 Å². The Bertz CT molecular complexity index is 475. The molecule has 2 amide bonds. The van der Waals surface area contributed by atoms with Crippen LogP contribution in [0.4, 0.5) is 4.79 Å². The minimum atomic E-state index is 0.0367. The molecule has 2 N–H and O–H groups in total. The van der Waals surface area contributed by atoms with Crippen LogP contribution in [0.15, 0.2) is 24.3 Å². The predicted molar refractivity (Wildman–Crippen MR) is 79.4 cm³/mol. The molecule has 1 atom stereocenters. The summed E-state index contributed by atoms with van der Waals surface area (Å²) in [6.45, 7) is 2.94. The van der Waals surface area contributed by atoms with E-state index in [2.05, 4.69) is 5.32 Å². The summed E-state index contributed by atoms with van der Waals surface area (Å²) in [4.78, 5) is 14.1. The molecule has 2 fully saturated rings. The molecule has 1 aromatic rings. The van der Waals surface area contributed by atoms with Gasteiger partial charge in [-0.2, -0.15) is 0 Å². The summed E-state index contributed by atoms with van der Waals surface area (Å²) in [6, 6.07) is 7.63. The molecular weight excluding hydrogens is 268 g/mol. The molecule has 0 bridgehead atoms. The number of phenolic OH excluding ortho intramolecular Hbond substituents is 1. The Balaban J connectivity index is 1.50. The number of aromatic hydroxyl groups is 1. The van der Waals surface area contributed by atoms with Gasteiger partial charge in [-0.05, 0) is 42.9 Å². The molecule has 1 unspecified atom stereocenters. The molecule has 5 heteroatoms. The number of urea groups is 1. The summed E-state index contributed by atoms with van der Waals surface area (Å²) in [5.74, 6) is 0.777. The van der Waals surface area contributed by atoms with Crippen LogP contribution in [0.2, 0.25) is 0 Å². The third-order valence-electron chi connectivity index (χ3n) is 4.40. The first-order valence-corrected chi connectivity index (χ1v) is 7.64. The van der Waals surface area contributed by atoms with E-state index in [9.17, 15) is 9.90 Å². The van der Waals surface area contributed by atoms with Gasteiger partial charge < -0.3 is 20.1 Å². The molecule has 2 aliphatic heterocycles. The third-order valence-corrected chi connectivity index (χ3v) is 4.40. The average molecular weight is 290 g/mol. The summed E-state index contributed by atoms with van der Waals surface area (Å²) in [5.41, 5.74) is 1.25. The van der Waals surface area contributed by atoms with Gasteiger partial charge in [0.05, 0.1) is 12.6 Å². The van der Waals surface area contributed by atoms with Crippen molar-refractivity contribution in [2.75, 3.05) is 26.3 Å². The Morgan fingerprint density at radius 2 is 1.90 bits per heavy atom. The van der Waals surface area contributed by atoms with Crippen molar-refractivity contribution in [2.24, 2.45) is 0 Å². The zero-order valence-corrected chi connectivity index (χ0v) is 12.1. The highest BCUT2D eigenvalue weighted by Crippen LogP contribution is 2.29. The molecule has 114 valence electrons. The van der Waals surface area contributed by atoms with Gasteiger partial charge in [0, 0.05) is 19.7 Å². The van der Waals surface area contributed by atoms with E-state index in [0.717, 1.165) is 39.0 Å². The van der Waals surface area contributed by atoms with Gasteiger partial charge in [0.1, 0.15) is 5.75 Å². The smallest absolute Gasteiger partial charge is 0.317 e. The molecule has 2 saturated heterocycles. The second kappa shape index (κ2) is 6.35. The number of likely N-dealkylation sites (tertiary alicyclic amines) is 1. The molecule has 0 saturated carbocycles. The average Bonchev–Trinajstić information content (AvgIpc) is 3.01. The number of benzene rings is 1. The van der Waals surface area contributed by atoms with E-state index in [0.29, 0.717) is 18.3 Å². The van der Waals surface area contributed by atoms with Crippen LogP contribution in [0.25, 0.3) is 0 Å². The molecule has 0 aliphatic carbocycles. The number of ether oxygens (including phenoxy) is 1. The maximum Gasteiger partial charge on any atom is 0.317 e. The van der Waals surface area contributed by atoms with E-state index in [1.54, 1.807) is 12.1 Å². The highest BCUT2D eigenvalue weighted by atomic mass is 16.5. The number of carbonyl (C=O) groups is 1. The lowest BCUT2D eigenvalue weighted by Gasteiger charge is -2.33. The highest BCUT2D eigenvalue weighted by molar-refractivity contribution is 5.74. The first kappa shape index (κ1) is 14.2. The van der Waals surface area contributed by atoms with Gasteiger partial charge in [-0.15, -0.1) is 0 Å². The van der Waals surface area contributed by atoms with Crippen LogP contribution in [0, 0.1) is 0 Å². The van der Waals surface area contributed by atoms with Crippen LogP contribution in [0.5, 0.6) is 5.75 Å². The summed E-state index contributed by atoms with van der Waals surface area (Å²) in [7, 11) is 0. The maximum absolute atomic E-state index is 12.2. The van der Waals surface area contributed by atoms with Crippen LogP contribution < -0.4 is 5.32 Å². The molecule has 3 rings (SSSR count). The fourth-order valence-corrected chi connectivity index (χ4v) is 3.08. The Morgan fingerprint density at radius 1 is 1.19 bits per heavy atom. The van der Waals surface area contributed by atoms with Crippen LogP contribution >= 0.6 is 0 Å². The number of amides is 2. The lowest BCUT2D eigenvalue weighted by atomic mass is 9.89. The number of rotatable bonds is 2. The molecular formula is C16H22N2O3. The topological polar surface area (TPSA) is 61.8 Å². The van der Waals surface area contributed by atoms with Crippen LogP contribution in [0.1, 0.15) is 30.7 Å². The summed E-state index contributed by atoms with van der Waals surface area (Å²) in [6.07, 6.45) is 2.86. The van der Waals surface area contributed by atoms with E-state index in [1.807, 2.05) is 17.0 Å². The summed E-state index contributed by atoms with van der Waals surface area (Å²) >= 11 is 0. The summed E-state index contributed by atoms with van der Waals surface area (Å²) < 4.78 is 5.28. The Hall–Kier alpha value is -1.75. The molecule has 2 heterocycles. The number of nitrogens with one attached hydrogen (secondary N) is 1. The lowest BCUT2D eigenvalue weighted by Crippen LogP contribution is -2.47. The van der Waals surface area contributed by atoms with Gasteiger partial charge in [0.2, 0.25) is 0 Å². The molecule has 5 nitrogen and oxygen atoms in total. The second-order valence-electron chi connectivity index (χ2n) is 5.86. The maximum atomic E-state index is 12.2. The molecule has 2 aliphatic rings. The first-order chi connectivity index (χ1) is 10.2. The van der Waals surface area contributed by atoms with Crippen LogP contribution in [0.3, 0.4) is 0 Å². The van der Waals surface area contributed by atoms with E-state index in [-0.39, 0.29) is 12.1 Å². The largest absolute Gasteiger partial charge is 0.508 e. The number of piperidine rings is 1. The second-order valence-corrected chi connectivity index (χ2v) is 5.86. The monoisotopic (exact) mass is 290 g/mol. The Labute approximate surface area is 124 Å². The van der Waals surface area contributed by atoms with E-state index in [1.165, 1.54) is 5.56 Å². The first-order valence-electron chi connectivity index (χ1n) is 7.64. The quantitative estimate of drug-likeness (QED) is 0.876. The standard InChI is InChI=1S/C16H22N2O3/c19-15-3-1-12(2-4-15)13-5-8-18(9-6-13)16(20)17-14-7-10-21-11-14/h1-4,13-14,19H,5-11H2,(H,17,20). The minimum absolute atomic E-state index is 0.0367. The fourth-order valence-electron chi connectivity index (χ4n) is 3.08. The van der Waals surface area contributed by atoms with E-state index < -0.39 is 0 Å². The van der Waals surface area contributed by atoms with E-state index in [4.69, 9.17) is 4.74 Å². The van der Waals surface area contributed by atoms with Crippen molar-refractivity contribution in [1.29, 1.82) is 0 Å². The SMILES string of the molecule is O=C(NC1CCOC1)N1CCC(c2ccc(O)cc2)CC1. The normalized spacial score (nSPS) is 23.2. The number of hydrogen-bond acceptors (Lipinski definition) is 3. The zero-order valence-electron chi connectivity index (χ0n) is 12.1. The van der Waals surface area contributed by atoms with Crippen LogP contribution in [-0.2, 0) is 4.74 Å². The van der Waals surface area contributed by atoms with Crippen molar-refractivity contribution in [1.82, 2.24) is 10.2 Å². The molecule has 0 spiro atoms. The van der Waals surface area contributed by atoms with Crippen molar-refractivity contribution in [3.63, 3.8) is 0 Å². The van der Waals surface area contributed by atoms with Crippen LogP contribution in [-0.4, -0.2) is 48.4 Å². The zero-order chi connectivity index (χ0) is 14.7. The molecule has 21 heavy (non-hydrogen) atoms. The van der Waals surface area contributed by atoms with Gasteiger partial charge >= 0.3 is 6.03 Å². The minimum Gasteiger partial charge on any atom is -0.508 e. The van der Waals surface area contributed by atoms with Gasteiger partial charge in [-0.1, -0.05) is 12.1 Å². The van der Waals surface area contributed by atoms with Crippen molar-refractivity contribution in [2.45, 2.75) is 31.2 Å². The van der Waals surface area contributed by atoms with Crippen molar-refractivity contribution >= 4 is 6.03 Å². The molecule has 0 aromatic heterocycles. The van der Waals surface area contributed by atoms with Gasteiger partial charge in [-0.3, -0.25) is 0 Å². The van der Waals surface area contributed by atoms with Gasteiger partial charge in [0.15, 0.2) is 0 Å². The Morgan fingerprint density at radius 3 is 2.52 bits per heavy atom. The molecule has 0 radical (unpaired) electrons. The third kappa shape index (κ3) is 3.47. The van der Waals surface area contributed by atoms with Crippen molar-refractivity contribution < 1.29 is 14.6 Å². The number of carbonyl (C=O) groups excluding carboxylic acids is 1. The summed E-state index contributed by atoms with van der Waals surface area (Å²) in [5, 5.41) is 12.4. The Kier molecular flexibility index (Phi) is 4.29. The number of hydrogen-bond donors (Lipinski definition) is 2. The number of nitrogens with zero attached hydrogens (tertiary/aromatic N) is 1. The fraction of sp³-hybridized carbons (Fsp3) is 0.562. The predicted octanol–water partition coefficient (Wildman–Crippen LogP) is 2.07. The molecule has 1 aromatic carbocycles.